The van der Waals surface area contributed by atoms with Crippen LogP contribution in [-0.2, 0) is 20.8 Å². The van der Waals surface area contributed by atoms with E-state index < -0.39 is 26.7 Å². The van der Waals surface area contributed by atoms with Crippen LogP contribution in [0.25, 0.3) is 0 Å². The topological polar surface area (TPSA) is 140 Å². The van der Waals surface area contributed by atoms with E-state index in [0.29, 0.717) is 16.8 Å². The first kappa shape index (κ1) is 20.7. The average molecular weight is 437 g/mol. The van der Waals surface area contributed by atoms with Crippen molar-refractivity contribution < 1.29 is 34.3 Å². The molecule has 3 rings (SSSR count). The van der Waals surface area contributed by atoms with Crippen LogP contribution in [0.2, 0.25) is 0 Å². The lowest BCUT2D eigenvalue weighted by Crippen LogP contribution is -2.12. The minimum absolute atomic E-state index is 0.0936. The van der Waals surface area contributed by atoms with Crippen molar-refractivity contribution in [2.45, 2.75) is 5.92 Å². The molecule has 1 atom stereocenters. The quantitative estimate of drug-likeness (QED) is 0.534. The molecular formula is C18H15NO8S2. The van der Waals surface area contributed by atoms with Crippen molar-refractivity contribution in [3.05, 3.63) is 89.7 Å². The lowest BCUT2D eigenvalue weighted by atomic mass is 9.87. The summed E-state index contributed by atoms with van der Waals surface area (Å²) in [5, 5.41) is 0. The summed E-state index contributed by atoms with van der Waals surface area (Å²) in [4.78, 5) is 4.32. The van der Waals surface area contributed by atoms with Crippen LogP contribution in [0.3, 0.4) is 0 Å². The van der Waals surface area contributed by atoms with Gasteiger partial charge in [-0.05, 0) is 35.9 Å². The molecule has 0 spiro atoms. The first-order chi connectivity index (χ1) is 13.6. The van der Waals surface area contributed by atoms with Crippen molar-refractivity contribution in [3.8, 4) is 11.5 Å². The Morgan fingerprint density at radius 3 is 1.97 bits per heavy atom. The fraction of sp³-hybridized carbons (Fsp3) is 0.0556. The molecule has 0 aliphatic heterocycles. The van der Waals surface area contributed by atoms with Gasteiger partial charge in [-0.2, -0.15) is 16.8 Å². The van der Waals surface area contributed by atoms with Gasteiger partial charge in [0, 0.05) is 11.8 Å². The molecule has 0 amide bonds. The minimum Gasteiger partial charge on any atom is -0.362 e. The van der Waals surface area contributed by atoms with E-state index in [2.05, 4.69) is 9.17 Å². The van der Waals surface area contributed by atoms with Gasteiger partial charge in [0.2, 0.25) is 0 Å². The molecule has 2 N–H and O–H groups in total. The highest BCUT2D eigenvalue weighted by molar-refractivity contribution is 7.81. The van der Waals surface area contributed by atoms with Crippen molar-refractivity contribution in [2.24, 2.45) is 0 Å². The molecule has 1 heterocycles. The normalized spacial score (nSPS) is 12.9. The monoisotopic (exact) mass is 437 g/mol. The number of aromatic nitrogens is 1. The van der Waals surface area contributed by atoms with E-state index in [1.165, 1.54) is 30.3 Å². The smallest absolute Gasteiger partial charge is 0.362 e. The second-order valence-electron chi connectivity index (χ2n) is 5.82. The maximum atomic E-state index is 11.2. The van der Waals surface area contributed by atoms with Crippen LogP contribution >= 0.6 is 0 Å². The highest BCUT2D eigenvalue weighted by Crippen LogP contribution is 2.37. The standard InChI is InChI=1S/C18H15NO8S2/c20-28(21,22)26-14-10-8-13(9-11-14)18(16-6-3-4-12-19-16)15-5-1-2-7-17(15)27-29(23,24)25/h1-12,18H,(H,20,21,22)(H,23,24,25). The van der Waals surface area contributed by atoms with Crippen molar-refractivity contribution in [3.63, 3.8) is 0 Å². The summed E-state index contributed by atoms with van der Waals surface area (Å²) < 4.78 is 71.2. The molecule has 152 valence electrons. The van der Waals surface area contributed by atoms with E-state index in [-0.39, 0.29) is 11.5 Å². The fourth-order valence-corrected chi connectivity index (χ4v) is 3.54. The maximum absolute atomic E-state index is 11.2. The van der Waals surface area contributed by atoms with Crippen molar-refractivity contribution in [1.82, 2.24) is 4.98 Å². The molecular weight excluding hydrogens is 422 g/mol. The molecule has 0 saturated heterocycles. The zero-order valence-corrected chi connectivity index (χ0v) is 16.2. The number of benzene rings is 2. The lowest BCUT2D eigenvalue weighted by molar-refractivity contribution is 0.383. The molecule has 2 aromatic carbocycles. The fourth-order valence-electron chi connectivity index (χ4n) is 2.80. The summed E-state index contributed by atoms with van der Waals surface area (Å²) in [7, 11) is -9.43. The summed E-state index contributed by atoms with van der Waals surface area (Å²) in [5.74, 6) is -0.823. The SMILES string of the molecule is O=S(=O)(O)Oc1ccc(C(c2ccccn2)c2ccccc2OS(=O)(=O)O)cc1. The van der Waals surface area contributed by atoms with Crippen molar-refractivity contribution in [1.29, 1.82) is 0 Å². The number of para-hydroxylation sites is 1. The third-order valence-electron chi connectivity index (χ3n) is 3.82. The Kier molecular flexibility index (Phi) is 5.84. The number of hydrogen-bond donors (Lipinski definition) is 2. The highest BCUT2D eigenvalue weighted by atomic mass is 32.3. The van der Waals surface area contributed by atoms with E-state index in [4.69, 9.17) is 13.3 Å². The molecule has 0 bridgehead atoms. The molecule has 0 radical (unpaired) electrons. The Morgan fingerprint density at radius 2 is 1.38 bits per heavy atom. The van der Waals surface area contributed by atoms with Gasteiger partial charge in [-0.3, -0.25) is 14.1 Å². The van der Waals surface area contributed by atoms with Gasteiger partial charge in [0.25, 0.3) is 0 Å². The first-order valence-corrected chi connectivity index (χ1v) is 10.8. The van der Waals surface area contributed by atoms with E-state index in [1.807, 2.05) is 0 Å². The second-order valence-corrected chi connectivity index (χ2v) is 7.86. The highest BCUT2D eigenvalue weighted by Gasteiger charge is 2.24. The van der Waals surface area contributed by atoms with Crippen molar-refractivity contribution >= 4 is 20.8 Å². The molecule has 3 aromatic rings. The third kappa shape index (κ3) is 5.74. The number of nitrogens with zero attached hydrogens (tertiary/aromatic N) is 1. The zero-order chi connectivity index (χ0) is 21.1. The zero-order valence-electron chi connectivity index (χ0n) is 14.6. The first-order valence-electron chi connectivity index (χ1n) is 8.06. The van der Waals surface area contributed by atoms with Gasteiger partial charge in [0.05, 0.1) is 11.6 Å². The summed E-state index contributed by atoms with van der Waals surface area (Å²) in [5.41, 5.74) is 1.53. The average Bonchev–Trinajstić information content (AvgIpc) is 2.63. The number of pyridine rings is 1. The van der Waals surface area contributed by atoms with E-state index in [1.54, 1.807) is 42.6 Å². The Bertz CT molecular complexity index is 1190. The van der Waals surface area contributed by atoms with Crippen LogP contribution in [-0.4, -0.2) is 30.9 Å². The number of hydrogen-bond acceptors (Lipinski definition) is 7. The van der Waals surface area contributed by atoms with Crippen LogP contribution in [0, 0.1) is 0 Å². The van der Waals surface area contributed by atoms with E-state index in [9.17, 15) is 16.8 Å². The minimum atomic E-state index is -4.76. The summed E-state index contributed by atoms with van der Waals surface area (Å²) in [6, 6.07) is 17.1. The maximum Gasteiger partial charge on any atom is 0.446 e. The van der Waals surface area contributed by atoms with Gasteiger partial charge in [0.1, 0.15) is 11.5 Å². The van der Waals surface area contributed by atoms with E-state index in [0.717, 1.165) is 0 Å². The van der Waals surface area contributed by atoms with Gasteiger partial charge in [0.15, 0.2) is 0 Å². The van der Waals surface area contributed by atoms with Crippen molar-refractivity contribution in [2.75, 3.05) is 0 Å². The third-order valence-corrected chi connectivity index (χ3v) is 4.62. The summed E-state index contributed by atoms with van der Waals surface area (Å²) in [6.07, 6.45) is 1.56. The molecule has 1 aromatic heterocycles. The second kappa shape index (κ2) is 8.17. The Morgan fingerprint density at radius 1 is 0.759 bits per heavy atom. The molecule has 0 aliphatic carbocycles. The van der Waals surface area contributed by atoms with Crippen LogP contribution in [0.1, 0.15) is 22.7 Å². The molecule has 0 fully saturated rings. The number of rotatable bonds is 7. The van der Waals surface area contributed by atoms with Gasteiger partial charge < -0.3 is 8.37 Å². The summed E-state index contributed by atoms with van der Waals surface area (Å²) >= 11 is 0. The van der Waals surface area contributed by atoms with Crippen LogP contribution in [0.4, 0.5) is 0 Å². The molecule has 29 heavy (non-hydrogen) atoms. The lowest BCUT2D eigenvalue weighted by Gasteiger charge is -2.20. The van der Waals surface area contributed by atoms with Crippen LogP contribution in [0.15, 0.2) is 72.9 Å². The molecule has 0 aliphatic rings. The molecule has 11 heteroatoms. The predicted octanol–water partition coefficient (Wildman–Crippen LogP) is 2.62. The van der Waals surface area contributed by atoms with E-state index >= 15 is 0 Å². The largest absolute Gasteiger partial charge is 0.446 e. The molecule has 0 saturated carbocycles. The Balaban J connectivity index is 2.11. The van der Waals surface area contributed by atoms with Crippen LogP contribution in [0.5, 0.6) is 11.5 Å². The van der Waals surface area contributed by atoms with Crippen LogP contribution < -0.4 is 8.37 Å². The Hall–Kier alpha value is -2.99. The predicted molar refractivity (Wildman–Crippen MR) is 102 cm³/mol. The molecule has 9 nitrogen and oxygen atoms in total. The molecule has 1 unspecified atom stereocenters. The summed E-state index contributed by atoms with van der Waals surface area (Å²) in [6.45, 7) is 0. The van der Waals surface area contributed by atoms with Gasteiger partial charge in [-0.15, -0.1) is 0 Å². The van der Waals surface area contributed by atoms with Gasteiger partial charge in [-0.25, -0.2) is 0 Å². The van der Waals surface area contributed by atoms with Gasteiger partial charge >= 0.3 is 20.8 Å². The van der Waals surface area contributed by atoms with Gasteiger partial charge in [-0.1, -0.05) is 36.4 Å². The Labute approximate surface area is 167 Å².